The zero-order chi connectivity index (χ0) is 22.8. The fourth-order valence-electron chi connectivity index (χ4n) is 2.96. The van der Waals surface area contributed by atoms with Crippen molar-refractivity contribution in [3.05, 3.63) is 58.2 Å². The lowest BCUT2D eigenvalue weighted by Crippen LogP contribution is -2.19. The number of benzene rings is 1. The molecular formula is C22H17BrF4N4. The Bertz CT molecular complexity index is 1210. The summed E-state index contributed by atoms with van der Waals surface area (Å²) in [6.07, 6.45) is -2.97. The molecule has 3 aromatic rings. The van der Waals surface area contributed by atoms with E-state index in [4.69, 9.17) is 5.26 Å². The van der Waals surface area contributed by atoms with Gasteiger partial charge in [-0.05, 0) is 50.1 Å². The van der Waals surface area contributed by atoms with E-state index in [0.29, 0.717) is 21.2 Å². The smallest absolute Gasteiger partial charge is 0.373 e. The van der Waals surface area contributed by atoms with E-state index in [2.05, 4.69) is 44.1 Å². The van der Waals surface area contributed by atoms with Crippen LogP contribution in [0.4, 0.5) is 23.2 Å². The maximum Gasteiger partial charge on any atom is 0.406 e. The van der Waals surface area contributed by atoms with Gasteiger partial charge in [-0.1, -0.05) is 21.9 Å². The van der Waals surface area contributed by atoms with Crippen LogP contribution in [0.25, 0.3) is 10.9 Å². The minimum Gasteiger partial charge on any atom is -0.373 e. The summed E-state index contributed by atoms with van der Waals surface area (Å²) in [6, 6.07) is 9.63. The number of halogens is 5. The van der Waals surface area contributed by atoms with E-state index in [0.717, 1.165) is 10.6 Å². The average molecular weight is 493 g/mol. The van der Waals surface area contributed by atoms with E-state index in [1.54, 1.807) is 32.2 Å². The van der Waals surface area contributed by atoms with Crippen LogP contribution in [-0.4, -0.2) is 22.3 Å². The lowest BCUT2D eigenvalue weighted by Gasteiger charge is -2.14. The van der Waals surface area contributed by atoms with Gasteiger partial charge in [0.1, 0.15) is 12.4 Å². The van der Waals surface area contributed by atoms with Crippen LogP contribution in [0.2, 0.25) is 0 Å². The van der Waals surface area contributed by atoms with Gasteiger partial charge in [0.05, 0.1) is 46.8 Å². The Morgan fingerprint density at radius 1 is 1.19 bits per heavy atom. The molecule has 0 radical (unpaired) electrons. The first-order valence-electron chi connectivity index (χ1n) is 9.16. The molecule has 1 N–H and O–H groups in total. The molecule has 0 amide bonds. The van der Waals surface area contributed by atoms with Gasteiger partial charge in [-0.15, -0.1) is 0 Å². The van der Waals surface area contributed by atoms with Crippen LogP contribution >= 0.6 is 15.9 Å². The Labute approximate surface area is 185 Å². The van der Waals surface area contributed by atoms with Crippen molar-refractivity contribution in [3.8, 4) is 17.9 Å². The molecule has 0 spiro atoms. The highest BCUT2D eigenvalue weighted by Crippen LogP contribution is 2.31. The number of nitrogens with zero attached hydrogens (tertiary/aromatic N) is 3. The Morgan fingerprint density at radius 2 is 1.94 bits per heavy atom. The van der Waals surface area contributed by atoms with Crippen molar-refractivity contribution < 1.29 is 17.6 Å². The summed E-state index contributed by atoms with van der Waals surface area (Å²) < 4.78 is 54.8. The van der Waals surface area contributed by atoms with Crippen molar-refractivity contribution >= 4 is 32.5 Å². The number of aromatic nitrogens is 2. The van der Waals surface area contributed by atoms with Gasteiger partial charge in [0.2, 0.25) is 0 Å². The number of pyridine rings is 1. The van der Waals surface area contributed by atoms with Crippen LogP contribution in [-0.2, 0) is 12.0 Å². The van der Waals surface area contributed by atoms with Gasteiger partial charge in [-0.3, -0.25) is 4.98 Å². The fourth-order valence-corrected chi connectivity index (χ4v) is 3.39. The molecule has 4 nitrogen and oxygen atoms in total. The maximum atomic E-state index is 14.3. The molecule has 0 saturated carbocycles. The number of alkyl halides is 3. The van der Waals surface area contributed by atoms with Crippen molar-refractivity contribution in [2.24, 2.45) is 0 Å². The molecule has 31 heavy (non-hydrogen) atoms. The van der Waals surface area contributed by atoms with E-state index < -0.39 is 24.0 Å². The van der Waals surface area contributed by atoms with Gasteiger partial charge < -0.3 is 9.88 Å². The minimum atomic E-state index is -4.53. The number of nitrogens with one attached hydrogen (secondary N) is 1. The van der Waals surface area contributed by atoms with Gasteiger partial charge in [0.15, 0.2) is 0 Å². The molecule has 9 heteroatoms. The van der Waals surface area contributed by atoms with Crippen LogP contribution in [0.5, 0.6) is 0 Å². The van der Waals surface area contributed by atoms with Crippen LogP contribution in [0.15, 0.2) is 41.0 Å². The van der Waals surface area contributed by atoms with Crippen molar-refractivity contribution in [1.29, 1.82) is 5.26 Å². The number of hydrogen-bond acceptors (Lipinski definition) is 3. The number of anilines is 1. The Morgan fingerprint density at radius 3 is 2.55 bits per heavy atom. The first-order chi connectivity index (χ1) is 14.5. The second-order valence-corrected chi connectivity index (χ2v) is 8.20. The van der Waals surface area contributed by atoms with Crippen molar-refractivity contribution in [1.82, 2.24) is 9.55 Å². The average Bonchev–Trinajstić information content (AvgIpc) is 3.06. The summed E-state index contributed by atoms with van der Waals surface area (Å²) in [5.74, 6) is 4.71. The summed E-state index contributed by atoms with van der Waals surface area (Å²) in [5, 5.41) is 12.5. The Kier molecular flexibility index (Phi) is 6.28. The van der Waals surface area contributed by atoms with Crippen LogP contribution in [0, 0.1) is 29.0 Å². The molecule has 0 aliphatic rings. The number of hydrogen-bond donors (Lipinski definition) is 1. The third-order valence-electron chi connectivity index (χ3n) is 4.57. The highest BCUT2D eigenvalue weighted by molar-refractivity contribution is 9.10. The lowest BCUT2D eigenvalue weighted by atomic mass is 9.91. The highest BCUT2D eigenvalue weighted by atomic mass is 79.9. The molecule has 2 aromatic heterocycles. The zero-order valence-electron chi connectivity index (χ0n) is 16.6. The second-order valence-electron chi connectivity index (χ2n) is 7.35. The summed E-state index contributed by atoms with van der Waals surface area (Å²) in [6.45, 7) is 2.31. The number of fused-ring (bicyclic) bond motifs is 1. The summed E-state index contributed by atoms with van der Waals surface area (Å²) >= 11 is 3.25. The molecular weight excluding hydrogens is 476 g/mol. The largest absolute Gasteiger partial charge is 0.406 e. The van der Waals surface area contributed by atoms with E-state index in [9.17, 15) is 17.6 Å². The van der Waals surface area contributed by atoms with E-state index in [1.807, 2.05) is 0 Å². The van der Waals surface area contributed by atoms with Gasteiger partial charge >= 0.3 is 6.18 Å². The fraction of sp³-hybridized carbons (Fsp3) is 0.273. The van der Waals surface area contributed by atoms with Crippen molar-refractivity contribution in [3.63, 3.8) is 0 Å². The molecule has 0 saturated heterocycles. The minimum absolute atomic E-state index is 0.0594. The predicted octanol–water partition coefficient (Wildman–Crippen LogP) is 5.76. The molecule has 0 unspecified atom stereocenters. The van der Waals surface area contributed by atoms with E-state index in [-0.39, 0.29) is 17.8 Å². The quantitative estimate of drug-likeness (QED) is 0.371. The molecule has 2 heterocycles. The monoisotopic (exact) mass is 492 g/mol. The number of rotatable bonds is 4. The van der Waals surface area contributed by atoms with Crippen LogP contribution < -0.4 is 5.32 Å². The number of nitriles is 1. The third-order valence-corrected chi connectivity index (χ3v) is 5.27. The first-order valence-corrected chi connectivity index (χ1v) is 9.95. The standard InChI is InChI=1S/C22H17BrF4N4/c1-21(2,12-28)19-8-5-14(11-30-19)29-9-3-4-15-10-16-17(23)6-7-18(24)20(16)31(15)13-22(25,26)27/h5-8,10-11,29H,9,13H2,1-2H3. The normalized spacial score (nSPS) is 11.7. The first kappa shape index (κ1) is 22.6. The van der Waals surface area contributed by atoms with Crippen LogP contribution in [0.1, 0.15) is 25.2 Å². The molecule has 3 rings (SSSR count). The molecule has 160 valence electrons. The van der Waals surface area contributed by atoms with E-state index in [1.165, 1.54) is 12.1 Å². The second kappa shape index (κ2) is 8.60. The predicted molar refractivity (Wildman–Crippen MR) is 114 cm³/mol. The van der Waals surface area contributed by atoms with Crippen LogP contribution in [0.3, 0.4) is 0 Å². The molecule has 1 aromatic carbocycles. The summed E-state index contributed by atoms with van der Waals surface area (Å²) in [5.41, 5.74) is 0.466. The summed E-state index contributed by atoms with van der Waals surface area (Å²) in [4.78, 5) is 4.25. The van der Waals surface area contributed by atoms with Crippen molar-refractivity contribution in [2.75, 3.05) is 11.9 Å². The maximum absolute atomic E-state index is 14.3. The molecule has 0 aliphatic carbocycles. The zero-order valence-corrected chi connectivity index (χ0v) is 18.2. The van der Waals surface area contributed by atoms with Gasteiger partial charge in [0, 0.05) is 9.86 Å². The summed E-state index contributed by atoms with van der Waals surface area (Å²) in [7, 11) is 0. The molecule has 0 fully saturated rings. The van der Waals surface area contributed by atoms with Gasteiger partial charge in [-0.25, -0.2) is 4.39 Å². The highest BCUT2D eigenvalue weighted by Gasteiger charge is 2.30. The van der Waals surface area contributed by atoms with E-state index >= 15 is 0 Å². The third kappa shape index (κ3) is 5.18. The Balaban J connectivity index is 1.83. The topological polar surface area (TPSA) is 53.6 Å². The Hall–Kier alpha value is -3.04. The van der Waals surface area contributed by atoms with Crippen molar-refractivity contribution in [2.45, 2.75) is 32.0 Å². The molecule has 0 aliphatic heterocycles. The molecule has 0 atom stereocenters. The lowest BCUT2D eigenvalue weighted by molar-refractivity contribution is -0.140. The van der Waals surface area contributed by atoms with Gasteiger partial charge in [0.25, 0.3) is 0 Å². The molecule has 0 bridgehead atoms. The SMILES string of the molecule is CC(C)(C#N)c1ccc(NCC#Cc2cc3c(Br)ccc(F)c3n2CC(F)(F)F)cn1. The van der Waals surface area contributed by atoms with Gasteiger partial charge in [-0.2, -0.15) is 18.4 Å².